The number of hydrogen-bond donors (Lipinski definition) is 0. The van der Waals surface area contributed by atoms with Crippen molar-refractivity contribution in [2.24, 2.45) is 0 Å². The van der Waals surface area contributed by atoms with E-state index in [1.807, 2.05) is 54.6 Å². The predicted octanol–water partition coefficient (Wildman–Crippen LogP) is 6.21. The maximum atomic E-state index is 13.3. The third-order valence-electron chi connectivity index (χ3n) is 4.49. The first kappa shape index (κ1) is 19.7. The Morgan fingerprint density at radius 1 is 0.733 bits per heavy atom. The van der Waals surface area contributed by atoms with Gasteiger partial charge >= 0.3 is 12.2 Å². The fraction of sp³-hybridized carbons (Fsp3) is 0.0870. The molecule has 3 aromatic rings. The van der Waals surface area contributed by atoms with Crippen molar-refractivity contribution in [3.05, 3.63) is 90.0 Å². The summed E-state index contributed by atoms with van der Waals surface area (Å²) in [4.78, 5) is 12.4. The zero-order chi connectivity index (χ0) is 21.4. The summed E-state index contributed by atoms with van der Waals surface area (Å²) in [7, 11) is 0. The molecule has 1 heterocycles. The van der Waals surface area contributed by atoms with Crippen LogP contribution in [-0.4, -0.2) is 18.0 Å². The molecule has 0 aromatic heterocycles. The lowest BCUT2D eigenvalue weighted by Gasteiger charge is -2.31. The van der Waals surface area contributed by atoms with Crippen LogP contribution in [0.15, 0.2) is 78.9 Å². The van der Waals surface area contributed by atoms with E-state index in [1.165, 1.54) is 12.1 Å². The van der Waals surface area contributed by atoms with Gasteiger partial charge in [-0.25, -0.2) is 0 Å². The van der Waals surface area contributed by atoms with Crippen molar-refractivity contribution in [3.63, 3.8) is 0 Å². The number of fused-ring (bicyclic) bond motifs is 1. The number of hydrogen-bond acceptors (Lipinski definition) is 3. The van der Waals surface area contributed by atoms with Crippen molar-refractivity contribution in [1.82, 2.24) is 0 Å². The second-order valence-corrected chi connectivity index (χ2v) is 6.58. The van der Waals surface area contributed by atoms with Crippen molar-refractivity contribution < 1.29 is 31.8 Å². The van der Waals surface area contributed by atoms with E-state index in [2.05, 4.69) is 9.47 Å². The van der Waals surface area contributed by atoms with Crippen LogP contribution in [0.1, 0.15) is 15.9 Å². The molecule has 0 saturated heterocycles. The van der Waals surface area contributed by atoms with Gasteiger partial charge in [-0.3, -0.25) is 4.79 Å². The standard InChI is InChI=1S/C23H14F4O3/c24-22(25)23(26,27)30-21-14-18(11-13-20(21)29-22)19(28)12-8-15-6-9-17(10-7-15)16-4-2-1-3-5-16/h1-14H/b12-8+. The molecule has 0 aliphatic carbocycles. The Morgan fingerprint density at radius 2 is 1.33 bits per heavy atom. The largest absolute Gasteiger partial charge is 0.507 e. The minimum Gasteiger partial charge on any atom is -0.421 e. The fourth-order valence-electron chi connectivity index (χ4n) is 2.91. The SMILES string of the molecule is O=C(/C=C/c1ccc(-c2ccccc2)cc1)c1ccc2c(c1)OC(F)(F)C(F)(F)O2. The Labute approximate surface area is 169 Å². The van der Waals surface area contributed by atoms with Gasteiger partial charge in [0, 0.05) is 5.56 Å². The van der Waals surface area contributed by atoms with Crippen molar-refractivity contribution >= 4 is 11.9 Å². The normalized spacial score (nSPS) is 16.4. The molecule has 1 aliphatic heterocycles. The average molecular weight is 414 g/mol. The smallest absolute Gasteiger partial charge is 0.421 e. The van der Waals surface area contributed by atoms with Crippen LogP contribution in [0, 0.1) is 0 Å². The van der Waals surface area contributed by atoms with E-state index in [0.29, 0.717) is 0 Å². The molecule has 4 rings (SSSR count). The molecule has 3 nitrogen and oxygen atoms in total. The number of allylic oxidation sites excluding steroid dienone is 1. The van der Waals surface area contributed by atoms with Crippen molar-refractivity contribution in [2.45, 2.75) is 12.2 Å². The monoisotopic (exact) mass is 414 g/mol. The van der Waals surface area contributed by atoms with Gasteiger partial charge in [0.25, 0.3) is 0 Å². The topological polar surface area (TPSA) is 35.5 Å². The van der Waals surface area contributed by atoms with E-state index in [4.69, 9.17) is 0 Å². The Bertz CT molecular complexity index is 1110. The molecular weight excluding hydrogens is 400 g/mol. The number of ketones is 1. The van der Waals surface area contributed by atoms with Crippen LogP contribution in [0.3, 0.4) is 0 Å². The maximum absolute atomic E-state index is 13.3. The molecule has 7 heteroatoms. The Hall–Kier alpha value is -3.61. The summed E-state index contributed by atoms with van der Waals surface area (Å²) in [5.41, 5.74) is 2.83. The summed E-state index contributed by atoms with van der Waals surface area (Å²) < 4.78 is 61.1. The van der Waals surface area contributed by atoms with Crippen LogP contribution in [0.4, 0.5) is 17.6 Å². The van der Waals surface area contributed by atoms with Crippen LogP contribution in [0.5, 0.6) is 11.5 Å². The van der Waals surface area contributed by atoms with Crippen molar-refractivity contribution in [1.29, 1.82) is 0 Å². The number of benzene rings is 3. The highest BCUT2D eigenvalue weighted by Gasteiger charge is 2.65. The van der Waals surface area contributed by atoms with E-state index in [-0.39, 0.29) is 5.56 Å². The molecule has 0 spiro atoms. The summed E-state index contributed by atoms with van der Waals surface area (Å²) in [6, 6.07) is 20.4. The van der Waals surface area contributed by atoms with Gasteiger partial charge in [0.1, 0.15) is 0 Å². The van der Waals surface area contributed by atoms with Crippen molar-refractivity contribution in [3.8, 4) is 22.6 Å². The van der Waals surface area contributed by atoms with Crippen LogP contribution >= 0.6 is 0 Å². The number of carbonyl (C=O) groups excluding carboxylic acids is 1. The van der Waals surface area contributed by atoms with Gasteiger partial charge in [0.15, 0.2) is 17.3 Å². The third kappa shape index (κ3) is 3.78. The quantitative estimate of drug-likeness (QED) is 0.289. The molecule has 30 heavy (non-hydrogen) atoms. The van der Waals surface area contributed by atoms with Gasteiger partial charge in [0.2, 0.25) is 0 Å². The van der Waals surface area contributed by atoms with E-state index in [0.717, 1.165) is 28.8 Å². The van der Waals surface area contributed by atoms with Crippen LogP contribution in [0.2, 0.25) is 0 Å². The summed E-state index contributed by atoms with van der Waals surface area (Å²) in [5.74, 6) is -1.70. The average Bonchev–Trinajstić information content (AvgIpc) is 2.73. The molecule has 0 bridgehead atoms. The summed E-state index contributed by atoms with van der Waals surface area (Å²) in [6.07, 6.45) is -6.80. The molecule has 1 aliphatic rings. The lowest BCUT2D eigenvalue weighted by atomic mass is 10.0. The van der Waals surface area contributed by atoms with E-state index >= 15 is 0 Å². The summed E-state index contributed by atoms with van der Waals surface area (Å²) in [6.45, 7) is 0. The molecule has 0 amide bonds. The molecule has 3 aromatic carbocycles. The number of halogens is 4. The minimum atomic E-state index is -4.84. The zero-order valence-corrected chi connectivity index (χ0v) is 15.3. The molecule has 0 N–H and O–H groups in total. The Kier molecular flexibility index (Phi) is 4.81. The lowest BCUT2D eigenvalue weighted by Crippen LogP contribution is -2.52. The first-order chi connectivity index (χ1) is 14.2. The number of ether oxygens (including phenoxy) is 2. The maximum Gasteiger partial charge on any atom is 0.507 e. The van der Waals surface area contributed by atoms with Crippen LogP contribution < -0.4 is 9.47 Å². The van der Waals surface area contributed by atoms with Crippen LogP contribution in [-0.2, 0) is 0 Å². The summed E-state index contributed by atoms with van der Waals surface area (Å²) >= 11 is 0. The van der Waals surface area contributed by atoms with E-state index in [1.54, 1.807) is 6.08 Å². The number of alkyl halides is 4. The van der Waals surface area contributed by atoms with Gasteiger partial charge in [-0.05, 0) is 41.0 Å². The molecule has 0 radical (unpaired) electrons. The minimum absolute atomic E-state index is 0.00415. The summed E-state index contributed by atoms with van der Waals surface area (Å²) in [5, 5.41) is 0. The Balaban J connectivity index is 1.50. The van der Waals surface area contributed by atoms with Gasteiger partial charge < -0.3 is 9.47 Å². The zero-order valence-electron chi connectivity index (χ0n) is 15.3. The highest BCUT2D eigenvalue weighted by molar-refractivity contribution is 6.07. The molecule has 152 valence electrons. The molecule has 0 fully saturated rings. The van der Waals surface area contributed by atoms with E-state index < -0.39 is 29.5 Å². The second-order valence-electron chi connectivity index (χ2n) is 6.58. The molecule has 0 atom stereocenters. The predicted molar refractivity (Wildman–Crippen MR) is 103 cm³/mol. The molecule has 0 saturated carbocycles. The second kappa shape index (κ2) is 7.33. The number of carbonyl (C=O) groups is 1. The van der Waals surface area contributed by atoms with Gasteiger partial charge in [-0.15, -0.1) is 0 Å². The van der Waals surface area contributed by atoms with Crippen molar-refractivity contribution in [2.75, 3.05) is 0 Å². The lowest BCUT2D eigenvalue weighted by molar-refractivity contribution is -0.391. The highest BCUT2D eigenvalue weighted by atomic mass is 19.3. The fourth-order valence-corrected chi connectivity index (χ4v) is 2.91. The molecular formula is C23H14F4O3. The Morgan fingerprint density at radius 3 is 2.00 bits per heavy atom. The highest BCUT2D eigenvalue weighted by Crippen LogP contribution is 2.47. The third-order valence-corrected chi connectivity index (χ3v) is 4.49. The van der Waals surface area contributed by atoms with Gasteiger partial charge in [0.05, 0.1) is 0 Å². The van der Waals surface area contributed by atoms with E-state index in [9.17, 15) is 22.4 Å². The van der Waals surface area contributed by atoms with Gasteiger partial charge in [-0.1, -0.05) is 60.7 Å². The first-order valence-electron chi connectivity index (χ1n) is 8.91. The van der Waals surface area contributed by atoms with Gasteiger partial charge in [-0.2, -0.15) is 17.6 Å². The molecule has 0 unspecified atom stereocenters. The van der Waals surface area contributed by atoms with Crippen LogP contribution in [0.25, 0.3) is 17.2 Å². The first-order valence-corrected chi connectivity index (χ1v) is 8.91. The number of rotatable bonds is 4.